The number of rotatable bonds is 10. The van der Waals surface area contributed by atoms with Gasteiger partial charge < -0.3 is 9.47 Å². The molecule has 0 saturated carbocycles. The molecule has 2 aromatic rings. The molecule has 0 spiro atoms. The van der Waals surface area contributed by atoms with Crippen LogP contribution in [0.1, 0.15) is 46.0 Å². The Labute approximate surface area is 144 Å². The van der Waals surface area contributed by atoms with Gasteiger partial charge in [0.15, 0.2) is 0 Å². The van der Waals surface area contributed by atoms with Gasteiger partial charge in [-0.25, -0.2) is 0 Å². The zero-order valence-corrected chi connectivity index (χ0v) is 14.9. The Morgan fingerprint density at radius 1 is 0.870 bits per heavy atom. The molecule has 0 aliphatic rings. The fraction of sp³-hybridized carbons (Fsp3) is 0.500. The van der Waals surface area contributed by atoms with Gasteiger partial charge in [0, 0.05) is 5.38 Å². The molecule has 0 aliphatic carbocycles. The summed E-state index contributed by atoms with van der Waals surface area (Å²) in [6.45, 7) is 5.74. The van der Waals surface area contributed by atoms with Gasteiger partial charge in [0.2, 0.25) is 0 Å². The summed E-state index contributed by atoms with van der Waals surface area (Å²) in [5, 5.41) is 2.66. The molecule has 0 bridgehead atoms. The zero-order chi connectivity index (χ0) is 16.5. The molecule has 126 valence electrons. The van der Waals surface area contributed by atoms with Gasteiger partial charge in [-0.1, -0.05) is 26.0 Å². The molecular formula is C20H27ClO2. The first kappa shape index (κ1) is 17.9. The monoisotopic (exact) mass is 334 g/mol. The van der Waals surface area contributed by atoms with Crippen LogP contribution in [0.3, 0.4) is 0 Å². The van der Waals surface area contributed by atoms with Crippen LogP contribution in [-0.4, -0.2) is 18.6 Å². The number of alkyl halides is 1. The van der Waals surface area contributed by atoms with Crippen LogP contribution >= 0.6 is 11.6 Å². The van der Waals surface area contributed by atoms with E-state index in [0.717, 1.165) is 56.8 Å². The first-order valence-corrected chi connectivity index (χ1v) is 9.10. The molecule has 3 heteroatoms. The van der Waals surface area contributed by atoms with Crippen LogP contribution in [0.25, 0.3) is 10.8 Å². The molecule has 0 N–H and O–H groups in total. The van der Waals surface area contributed by atoms with E-state index in [0.29, 0.717) is 5.38 Å². The van der Waals surface area contributed by atoms with Crippen LogP contribution in [0, 0.1) is 0 Å². The van der Waals surface area contributed by atoms with E-state index in [2.05, 4.69) is 38.1 Å². The summed E-state index contributed by atoms with van der Waals surface area (Å²) in [7, 11) is 0. The van der Waals surface area contributed by atoms with Crippen molar-refractivity contribution >= 4 is 22.4 Å². The van der Waals surface area contributed by atoms with Crippen molar-refractivity contribution in [3.05, 3.63) is 36.4 Å². The number of benzene rings is 2. The minimum atomic E-state index is 0.305. The number of fused-ring (bicyclic) bond motifs is 1. The second kappa shape index (κ2) is 9.67. The molecule has 1 unspecified atom stereocenters. The largest absolute Gasteiger partial charge is 0.494 e. The molecule has 0 fully saturated rings. The average Bonchev–Trinajstić information content (AvgIpc) is 2.59. The zero-order valence-electron chi connectivity index (χ0n) is 14.2. The third-order valence-corrected chi connectivity index (χ3v) is 4.41. The topological polar surface area (TPSA) is 18.5 Å². The third kappa shape index (κ3) is 5.95. The van der Waals surface area contributed by atoms with Crippen molar-refractivity contribution in [1.82, 2.24) is 0 Å². The summed E-state index contributed by atoms with van der Waals surface area (Å²) >= 11 is 6.12. The first-order chi connectivity index (χ1) is 11.2. The summed E-state index contributed by atoms with van der Waals surface area (Å²) in [6.07, 6.45) is 5.29. The molecule has 0 aliphatic heterocycles. The lowest BCUT2D eigenvalue weighted by Gasteiger charge is -2.10. The van der Waals surface area contributed by atoms with Gasteiger partial charge in [0.1, 0.15) is 11.5 Å². The smallest absolute Gasteiger partial charge is 0.119 e. The molecule has 2 nitrogen and oxygen atoms in total. The van der Waals surface area contributed by atoms with Gasteiger partial charge in [-0.3, -0.25) is 0 Å². The minimum absolute atomic E-state index is 0.305. The molecular weight excluding hydrogens is 308 g/mol. The Morgan fingerprint density at radius 2 is 1.48 bits per heavy atom. The van der Waals surface area contributed by atoms with Gasteiger partial charge in [-0.05, 0) is 67.1 Å². The maximum Gasteiger partial charge on any atom is 0.119 e. The number of ether oxygens (including phenoxy) is 2. The predicted molar refractivity (Wildman–Crippen MR) is 99.0 cm³/mol. The van der Waals surface area contributed by atoms with Gasteiger partial charge in [0.05, 0.1) is 13.2 Å². The third-order valence-electron chi connectivity index (χ3n) is 3.88. The van der Waals surface area contributed by atoms with Gasteiger partial charge in [-0.2, -0.15) is 0 Å². The summed E-state index contributed by atoms with van der Waals surface area (Å²) in [5.74, 6) is 1.86. The second-order valence-corrected chi connectivity index (χ2v) is 6.49. The fourth-order valence-electron chi connectivity index (χ4n) is 2.46. The Hall–Kier alpha value is -1.41. The summed E-state index contributed by atoms with van der Waals surface area (Å²) in [5.41, 5.74) is 0. The minimum Gasteiger partial charge on any atom is -0.494 e. The molecule has 23 heavy (non-hydrogen) atoms. The van der Waals surface area contributed by atoms with Crippen molar-refractivity contribution in [2.75, 3.05) is 13.2 Å². The second-order valence-electron chi connectivity index (χ2n) is 5.87. The molecule has 2 rings (SSSR count). The Balaban J connectivity index is 1.85. The van der Waals surface area contributed by atoms with Gasteiger partial charge in [0.25, 0.3) is 0 Å². The van der Waals surface area contributed by atoms with E-state index >= 15 is 0 Å². The molecule has 0 aromatic heterocycles. The van der Waals surface area contributed by atoms with Gasteiger partial charge in [-0.15, -0.1) is 11.6 Å². The molecule has 2 aromatic carbocycles. The van der Waals surface area contributed by atoms with Crippen LogP contribution in [0.4, 0.5) is 0 Å². The Kier molecular flexibility index (Phi) is 7.54. The van der Waals surface area contributed by atoms with Crippen LogP contribution in [-0.2, 0) is 0 Å². The lowest BCUT2D eigenvalue weighted by atomic mass is 10.1. The average molecular weight is 335 g/mol. The van der Waals surface area contributed by atoms with Crippen LogP contribution in [0.15, 0.2) is 36.4 Å². The van der Waals surface area contributed by atoms with Crippen LogP contribution in [0.5, 0.6) is 11.5 Å². The van der Waals surface area contributed by atoms with Crippen molar-refractivity contribution in [1.29, 1.82) is 0 Å². The predicted octanol–water partition coefficient (Wildman–Crippen LogP) is 6.20. The lowest BCUT2D eigenvalue weighted by Crippen LogP contribution is -2.00. The van der Waals surface area contributed by atoms with E-state index in [-0.39, 0.29) is 0 Å². The lowest BCUT2D eigenvalue weighted by molar-refractivity contribution is 0.305. The van der Waals surface area contributed by atoms with Crippen molar-refractivity contribution in [3.8, 4) is 11.5 Å². The maximum absolute atomic E-state index is 6.12. The molecule has 0 amide bonds. The quantitative estimate of drug-likeness (QED) is 0.380. The highest BCUT2D eigenvalue weighted by molar-refractivity contribution is 6.20. The first-order valence-electron chi connectivity index (χ1n) is 8.66. The maximum atomic E-state index is 6.12. The normalized spacial score (nSPS) is 12.3. The van der Waals surface area contributed by atoms with E-state index in [1.54, 1.807) is 0 Å². The molecule has 0 radical (unpaired) electrons. The van der Waals surface area contributed by atoms with E-state index in [1.165, 1.54) is 10.8 Å². The van der Waals surface area contributed by atoms with E-state index in [4.69, 9.17) is 21.1 Å². The SMILES string of the molecule is CCCOc1ccc2cc(OCCCCC(Cl)CC)ccc2c1. The number of halogens is 1. The highest BCUT2D eigenvalue weighted by Gasteiger charge is 2.02. The number of unbranched alkanes of at least 4 members (excludes halogenated alkanes) is 1. The van der Waals surface area contributed by atoms with Crippen molar-refractivity contribution < 1.29 is 9.47 Å². The van der Waals surface area contributed by atoms with Crippen LogP contribution in [0.2, 0.25) is 0 Å². The highest BCUT2D eigenvalue weighted by atomic mass is 35.5. The van der Waals surface area contributed by atoms with E-state index < -0.39 is 0 Å². The van der Waals surface area contributed by atoms with E-state index in [9.17, 15) is 0 Å². The summed E-state index contributed by atoms with van der Waals surface area (Å²) in [4.78, 5) is 0. The van der Waals surface area contributed by atoms with Crippen molar-refractivity contribution in [2.24, 2.45) is 0 Å². The highest BCUT2D eigenvalue weighted by Crippen LogP contribution is 2.25. The van der Waals surface area contributed by atoms with Crippen molar-refractivity contribution in [3.63, 3.8) is 0 Å². The number of hydrogen-bond donors (Lipinski definition) is 0. The summed E-state index contributed by atoms with van der Waals surface area (Å²) < 4.78 is 11.5. The Morgan fingerprint density at radius 3 is 2.04 bits per heavy atom. The van der Waals surface area contributed by atoms with Crippen LogP contribution < -0.4 is 9.47 Å². The standard InChI is InChI=1S/C20H27ClO2/c1-3-12-22-19-10-8-17-15-20(11-9-16(17)14-19)23-13-6-5-7-18(21)4-2/h8-11,14-15,18H,3-7,12-13H2,1-2H3. The molecule has 0 saturated heterocycles. The molecule has 0 heterocycles. The van der Waals surface area contributed by atoms with Gasteiger partial charge >= 0.3 is 0 Å². The Bertz CT molecular complexity index is 597. The van der Waals surface area contributed by atoms with Crippen molar-refractivity contribution in [2.45, 2.75) is 51.3 Å². The van der Waals surface area contributed by atoms with E-state index in [1.807, 2.05) is 12.1 Å². The summed E-state index contributed by atoms with van der Waals surface area (Å²) in [6, 6.07) is 12.4. The number of hydrogen-bond acceptors (Lipinski definition) is 2. The molecule has 1 atom stereocenters. The fourth-order valence-corrected chi connectivity index (χ4v) is 2.62.